The molecular formula is C27H28N4O3. The van der Waals surface area contributed by atoms with Gasteiger partial charge in [0.1, 0.15) is 17.2 Å². The largest absolute Gasteiger partial charge is 0.496 e. The highest BCUT2D eigenvalue weighted by Gasteiger charge is 2.45. The van der Waals surface area contributed by atoms with Crippen LogP contribution in [0.2, 0.25) is 0 Å². The van der Waals surface area contributed by atoms with Crippen molar-refractivity contribution >= 4 is 11.6 Å². The first kappa shape index (κ1) is 21.9. The van der Waals surface area contributed by atoms with Crippen LogP contribution in [0.15, 0.2) is 53.1 Å². The maximum atomic E-state index is 13.7. The lowest BCUT2D eigenvalue weighted by atomic mass is 9.85. The van der Waals surface area contributed by atoms with Gasteiger partial charge >= 0.3 is 0 Å². The molecule has 5 rings (SSSR count). The third kappa shape index (κ3) is 3.31. The molecule has 7 heteroatoms. The minimum atomic E-state index is -0.364. The number of nitrogens with zero attached hydrogens (tertiary/aromatic N) is 3. The Hall–Kier alpha value is -3.87. The topological polar surface area (TPSA) is 84.2 Å². The van der Waals surface area contributed by atoms with Crippen LogP contribution in [0.25, 0.3) is 11.1 Å². The molecule has 1 unspecified atom stereocenters. The van der Waals surface area contributed by atoms with Gasteiger partial charge in [0, 0.05) is 27.8 Å². The molecule has 1 amide bonds. The summed E-state index contributed by atoms with van der Waals surface area (Å²) in [4.78, 5) is 15.6. The summed E-state index contributed by atoms with van der Waals surface area (Å²) in [5.41, 5.74) is 6.58. The second kappa shape index (κ2) is 7.87. The normalized spacial score (nSPS) is 15.6. The SMILES string of the molecule is COc1ccccc1C1c2c(C(C)(C)C)n[nH]c2C(=O)N1c1ccc(-c2c(C)noc2C)cc1. The van der Waals surface area contributed by atoms with Gasteiger partial charge in [-0.2, -0.15) is 5.10 Å². The Labute approximate surface area is 198 Å². The number of methoxy groups -OCH3 is 1. The van der Waals surface area contributed by atoms with Crippen molar-refractivity contribution in [3.05, 3.63) is 82.5 Å². The van der Waals surface area contributed by atoms with E-state index < -0.39 is 0 Å². The van der Waals surface area contributed by atoms with E-state index in [-0.39, 0.29) is 17.4 Å². The van der Waals surface area contributed by atoms with Crippen LogP contribution in [0.1, 0.15) is 65.6 Å². The number of amides is 1. The zero-order valence-corrected chi connectivity index (χ0v) is 20.3. The van der Waals surface area contributed by atoms with Gasteiger partial charge in [0.05, 0.1) is 24.5 Å². The monoisotopic (exact) mass is 456 g/mol. The molecule has 0 bridgehead atoms. The number of carbonyl (C=O) groups is 1. The Kier molecular flexibility index (Phi) is 5.08. The van der Waals surface area contributed by atoms with Crippen LogP contribution in [0.4, 0.5) is 5.69 Å². The number of H-pyrrole nitrogens is 1. The van der Waals surface area contributed by atoms with E-state index in [1.807, 2.05) is 67.3 Å². The lowest BCUT2D eigenvalue weighted by Gasteiger charge is -2.29. The molecule has 1 aliphatic rings. The molecular weight excluding hydrogens is 428 g/mol. The molecule has 0 spiro atoms. The molecule has 4 aromatic rings. The number of benzene rings is 2. The summed E-state index contributed by atoms with van der Waals surface area (Å²) in [5.74, 6) is 1.39. The van der Waals surface area contributed by atoms with Crippen molar-refractivity contribution in [1.29, 1.82) is 0 Å². The van der Waals surface area contributed by atoms with E-state index in [0.29, 0.717) is 5.69 Å². The number of nitrogens with one attached hydrogen (secondary N) is 1. The Morgan fingerprint density at radius 1 is 1.06 bits per heavy atom. The fourth-order valence-electron chi connectivity index (χ4n) is 4.86. The number of fused-ring (bicyclic) bond motifs is 1. The van der Waals surface area contributed by atoms with Gasteiger partial charge in [-0.15, -0.1) is 0 Å². The second-order valence-corrected chi connectivity index (χ2v) is 9.68. The molecule has 1 aliphatic heterocycles. The molecule has 34 heavy (non-hydrogen) atoms. The third-order valence-electron chi connectivity index (χ3n) is 6.38. The van der Waals surface area contributed by atoms with Crippen LogP contribution >= 0.6 is 0 Å². The summed E-state index contributed by atoms with van der Waals surface area (Å²) in [5, 5.41) is 11.6. The van der Waals surface area contributed by atoms with Gasteiger partial charge in [-0.3, -0.25) is 14.8 Å². The Morgan fingerprint density at radius 3 is 2.38 bits per heavy atom. The number of hydrogen-bond acceptors (Lipinski definition) is 5. The predicted molar refractivity (Wildman–Crippen MR) is 130 cm³/mol. The maximum Gasteiger partial charge on any atom is 0.277 e. The van der Waals surface area contributed by atoms with E-state index in [1.165, 1.54) is 0 Å². The number of aromatic amines is 1. The first-order valence-corrected chi connectivity index (χ1v) is 11.3. The fraction of sp³-hybridized carbons (Fsp3) is 0.296. The van der Waals surface area contributed by atoms with E-state index >= 15 is 0 Å². The van der Waals surface area contributed by atoms with Crippen molar-refractivity contribution in [3.8, 4) is 16.9 Å². The summed E-state index contributed by atoms with van der Waals surface area (Å²) in [7, 11) is 1.65. The average Bonchev–Trinajstić information content (AvgIpc) is 3.47. The highest BCUT2D eigenvalue weighted by molar-refractivity contribution is 6.11. The van der Waals surface area contributed by atoms with Crippen LogP contribution in [0.3, 0.4) is 0 Å². The lowest BCUT2D eigenvalue weighted by molar-refractivity contribution is 0.0988. The molecule has 7 nitrogen and oxygen atoms in total. The number of anilines is 1. The Morgan fingerprint density at radius 2 is 1.76 bits per heavy atom. The molecule has 1 atom stereocenters. The van der Waals surface area contributed by atoms with Gasteiger partial charge in [-0.05, 0) is 37.6 Å². The molecule has 1 N–H and O–H groups in total. The number of ether oxygens (including phenoxy) is 1. The average molecular weight is 457 g/mol. The predicted octanol–water partition coefficient (Wildman–Crippen LogP) is 5.74. The van der Waals surface area contributed by atoms with Gasteiger partial charge in [0.25, 0.3) is 5.91 Å². The van der Waals surface area contributed by atoms with Crippen LogP contribution in [-0.4, -0.2) is 28.4 Å². The lowest BCUT2D eigenvalue weighted by Crippen LogP contribution is -2.30. The molecule has 2 aromatic heterocycles. The highest BCUT2D eigenvalue weighted by atomic mass is 16.5. The maximum absolute atomic E-state index is 13.7. The zero-order valence-electron chi connectivity index (χ0n) is 20.3. The van der Waals surface area contributed by atoms with Crippen molar-refractivity contribution in [2.24, 2.45) is 0 Å². The molecule has 0 saturated heterocycles. The number of carbonyl (C=O) groups excluding carboxylic acids is 1. The van der Waals surface area contributed by atoms with Crippen molar-refractivity contribution in [2.75, 3.05) is 12.0 Å². The number of hydrogen-bond donors (Lipinski definition) is 1. The minimum Gasteiger partial charge on any atom is -0.496 e. The number of rotatable bonds is 4. The quantitative estimate of drug-likeness (QED) is 0.423. The van der Waals surface area contributed by atoms with E-state index in [1.54, 1.807) is 7.11 Å². The van der Waals surface area contributed by atoms with Gasteiger partial charge in [0.2, 0.25) is 0 Å². The molecule has 2 aromatic carbocycles. The molecule has 3 heterocycles. The first-order valence-electron chi connectivity index (χ1n) is 11.3. The Bertz CT molecular complexity index is 1360. The van der Waals surface area contributed by atoms with Crippen molar-refractivity contribution < 1.29 is 14.1 Å². The summed E-state index contributed by atoms with van der Waals surface area (Å²) < 4.78 is 11.0. The summed E-state index contributed by atoms with van der Waals surface area (Å²) in [6.45, 7) is 10.1. The molecule has 0 radical (unpaired) electrons. The van der Waals surface area contributed by atoms with E-state index in [2.05, 4.69) is 36.1 Å². The highest BCUT2D eigenvalue weighted by Crippen LogP contribution is 2.47. The summed E-state index contributed by atoms with van der Waals surface area (Å²) >= 11 is 0. The van der Waals surface area contributed by atoms with Gasteiger partial charge in [0.15, 0.2) is 0 Å². The first-order chi connectivity index (χ1) is 16.2. The van der Waals surface area contributed by atoms with Crippen molar-refractivity contribution in [3.63, 3.8) is 0 Å². The number of para-hydroxylation sites is 1. The van der Waals surface area contributed by atoms with Gasteiger partial charge in [-0.25, -0.2) is 0 Å². The van der Waals surface area contributed by atoms with E-state index in [0.717, 1.165) is 50.8 Å². The van der Waals surface area contributed by atoms with Crippen LogP contribution in [0, 0.1) is 13.8 Å². The van der Waals surface area contributed by atoms with Crippen LogP contribution < -0.4 is 9.64 Å². The minimum absolute atomic E-state index is 0.112. The van der Waals surface area contributed by atoms with Gasteiger partial charge < -0.3 is 9.26 Å². The zero-order chi connectivity index (χ0) is 24.2. The third-order valence-corrected chi connectivity index (χ3v) is 6.38. The fourth-order valence-corrected chi connectivity index (χ4v) is 4.86. The van der Waals surface area contributed by atoms with Gasteiger partial charge in [-0.1, -0.05) is 56.3 Å². The van der Waals surface area contributed by atoms with E-state index in [4.69, 9.17) is 9.26 Å². The van der Waals surface area contributed by atoms with Crippen molar-refractivity contribution in [1.82, 2.24) is 15.4 Å². The number of aromatic nitrogens is 3. The molecule has 174 valence electrons. The Balaban J connectivity index is 1.67. The van der Waals surface area contributed by atoms with Crippen LogP contribution in [0.5, 0.6) is 5.75 Å². The van der Waals surface area contributed by atoms with Crippen LogP contribution in [-0.2, 0) is 5.41 Å². The smallest absolute Gasteiger partial charge is 0.277 e. The second-order valence-electron chi connectivity index (χ2n) is 9.68. The molecule has 0 fully saturated rings. The molecule has 0 saturated carbocycles. The van der Waals surface area contributed by atoms with E-state index in [9.17, 15) is 4.79 Å². The summed E-state index contributed by atoms with van der Waals surface area (Å²) in [6.07, 6.45) is 0. The van der Waals surface area contributed by atoms with Crippen molar-refractivity contribution in [2.45, 2.75) is 46.1 Å². The summed E-state index contributed by atoms with van der Waals surface area (Å²) in [6, 6.07) is 15.4. The standard InChI is InChI=1S/C27H28N4O3/c1-15-21(16(2)34-30-15)17-11-13-18(14-12-17)31-24(19-9-7-8-10-20(19)33-6)22-23(26(31)32)28-29-25(22)27(3,4)5/h7-14,24H,1-6H3,(H,28,29). The molecule has 0 aliphatic carbocycles. The number of aryl methyl sites for hydroxylation is 2.